The first-order valence-corrected chi connectivity index (χ1v) is 5.63. The SMILES string of the molecule is COC(=O)N1CCC(c2ncc(C(=O)O)o2)CC1. The van der Waals surface area contributed by atoms with Gasteiger partial charge in [-0.05, 0) is 12.8 Å². The molecule has 0 bridgehead atoms. The highest BCUT2D eigenvalue weighted by atomic mass is 16.5. The van der Waals surface area contributed by atoms with E-state index >= 15 is 0 Å². The number of ether oxygens (including phenoxy) is 1. The first-order chi connectivity index (χ1) is 8.61. The molecular weight excluding hydrogens is 240 g/mol. The van der Waals surface area contributed by atoms with Crippen molar-refractivity contribution >= 4 is 12.1 Å². The van der Waals surface area contributed by atoms with Crippen LogP contribution in [0.25, 0.3) is 0 Å². The van der Waals surface area contributed by atoms with Gasteiger partial charge in [0.2, 0.25) is 5.76 Å². The summed E-state index contributed by atoms with van der Waals surface area (Å²) in [5.41, 5.74) is 0. The maximum absolute atomic E-state index is 11.3. The van der Waals surface area contributed by atoms with Gasteiger partial charge >= 0.3 is 12.1 Å². The van der Waals surface area contributed by atoms with Crippen molar-refractivity contribution in [1.29, 1.82) is 0 Å². The van der Waals surface area contributed by atoms with Crippen molar-refractivity contribution < 1.29 is 23.8 Å². The molecule has 2 rings (SSSR count). The van der Waals surface area contributed by atoms with E-state index in [4.69, 9.17) is 9.52 Å². The fraction of sp³-hybridized carbons (Fsp3) is 0.545. The molecule has 0 spiro atoms. The highest BCUT2D eigenvalue weighted by Crippen LogP contribution is 2.27. The van der Waals surface area contributed by atoms with Crippen molar-refractivity contribution in [2.24, 2.45) is 0 Å². The normalized spacial score (nSPS) is 16.6. The molecule has 1 aliphatic rings. The lowest BCUT2D eigenvalue weighted by molar-refractivity contribution is 0.0658. The van der Waals surface area contributed by atoms with Crippen molar-refractivity contribution in [3.05, 3.63) is 17.8 Å². The second kappa shape index (κ2) is 5.07. The summed E-state index contributed by atoms with van der Waals surface area (Å²) in [7, 11) is 1.35. The first kappa shape index (κ1) is 12.4. The Balaban J connectivity index is 1.96. The maximum atomic E-state index is 11.3. The van der Waals surface area contributed by atoms with Crippen LogP contribution in [0.3, 0.4) is 0 Å². The molecule has 0 aromatic carbocycles. The number of carbonyl (C=O) groups is 2. The zero-order valence-electron chi connectivity index (χ0n) is 9.96. The van der Waals surface area contributed by atoms with Gasteiger partial charge in [0.05, 0.1) is 13.3 Å². The van der Waals surface area contributed by atoms with Gasteiger partial charge in [-0.2, -0.15) is 0 Å². The van der Waals surface area contributed by atoms with Gasteiger partial charge in [-0.25, -0.2) is 14.6 Å². The molecule has 0 saturated carbocycles. The Bertz CT molecular complexity index is 448. The molecule has 1 aromatic heterocycles. The van der Waals surface area contributed by atoms with Crippen LogP contribution >= 0.6 is 0 Å². The van der Waals surface area contributed by atoms with Gasteiger partial charge < -0.3 is 19.2 Å². The van der Waals surface area contributed by atoms with E-state index in [9.17, 15) is 9.59 Å². The summed E-state index contributed by atoms with van der Waals surface area (Å²) in [4.78, 5) is 27.5. The fourth-order valence-corrected chi connectivity index (χ4v) is 2.01. The average Bonchev–Trinajstić information content (AvgIpc) is 2.88. The van der Waals surface area contributed by atoms with Gasteiger partial charge in [-0.15, -0.1) is 0 Å². The van der Waals surface area contributed by atoms with Crippen LogP contribution < -0.4 is 0 Å². The van der Waals surface area contributed by atoms with Crippen LogP contribution in [0.2, 0.25) is 0 Å². The molecule has 1 N–H and O–H groups in total. The second-order valence-corrected chi connectivity index (χ2v) is 4.10. The lowest BCUT2D eigenvalue weighted by atomic mass is 9.97. The molecule has 1 fully saturated rings. The summed E-state index contributed by atoms with van der Waals surface area (Å²) in [5, 5.41) is 8.74. The highest BCUT2D eigenvalue weighted by molar-refractivity contribution is 5.83. The molecule has 1 aromatic rings. The third kappa shape index (κ3) is 2.44. The Kier molecular flexibility index (Phi) is 3.50. The summed E-state index contributed by atoms with van der Waals surface area (Å²) in [6, 6.07) is 0. The zero-order chi connectivity index (χ0) is 13.1. The standard InChI is InChI=1S/C11H14N2O5/c1-17-11(16)13-4-2-7(3-5-13)9-12-6-8(18-9)10(14)15/h6-7H,2-5H2,1H3,(H,14,15). The number of oxazole rings is 1. The van der Waals surface area contributed by atoms with E-state index in [0.29, 0.717) is 31.8 Å². The molecule has 18 heavy (non-hydrogen) atoms. The molecule has 1 amide bonds. The summed E-state index contributed by atoms with van der Waals surface area (Å²) in [6.07, 6.45) is 2.25. The number of aromatic carboxylic acids is 1. The van der Waals surface area contributed by atoms with Crippen LogP contribution in [0.15, 0.2) is 10.6 Å². The number of piperidine rings is 1. The third-order valence-corrected chi connectivity index (χ3v) is 3.01. The van der Waals surface area contributed by atoms with Gasteiger partial charge in [-0.1, -0.05) is 0 Å². The number of nitrogens with zero attached hydrogens (tertiary/aromatic N) is 2. The Morgan fingerprint density at radius 3 is 2.67 bits per heavy atom. The molecule has 0 radical (unpaired) electrons. The van der Waals surface area contributed by atoms with Crippen LogP contribution in [0.1, 0.15) is 35.2 Å². The third-order valence-electron chi connectivity index (χ3n) is 3.01. The van der Waals surface area contributed by atoms with Crippen LogP contribution in [-0.2, 0) is 4.74 Å². The Hall–Kier alpha value is -2.05. The van der Waals surface area contributed by atoms with Crippen LogP contribution in [0.5, 0.6) is 0 Å². The first-order valence-electron chi connectivity index (χ1n) is 5.63. The number of aromatic nitrogens is 1. The minimum absolute atomic E-state index is 0.0546. The minimum atomic E-state index is -1.12. The smallest absolute Gasteiger partial charge is 0.409 e. The van der Waals surface area contributed by atoms with Crippen molar-refractivity contribution in [2.75, 3.05) is 20.2 Å². The number of likely N-dealkylation sites (tertiary alicyclic amines) is 1. The zero-order valence-corrected chi connectivity index (χ0v) is 9.96. The second-order valence-electron chi connectivity index (χ2n) is 4.10. The van der Waals surface area contributed by atoms with E-state index in [1.165, 1.54) is 13.3 Å². The van der Waals surface area contributed by atoms with E-state index < -0.39 is 5.97 Å². The van der Waals surface area contributed by atoms with Crippen LogP contribution in [-0.4, -0.2) is 47.3 Å². The number of carboxylic acid groups (broad SMARTS) is 1. The molecule has 7 nitrogen and oxygen atoms in total. The number of rotatable bonds is 2. The quantitative estimate of drug-likeness (QED) is 0.855. The Morgan fingerprint density at radius 1 is 1.50 bits per heavy atom. The van der Waals surface area contributed by atoms with Gasteiger partial charge in [0.1, 0.15) is 0 Å². The Labute approximate surface area is 103 Å². The largest absolute Gasteiger partial charge is 0.475 e. The molecule has 0 unspecified atom stereocenters. The van der Waals surface area contributed by atoms with Crippen molar-refractivity contribution in [3.63, 3.8) is 0 Å². The molecule has 2 heterocycles. The number of amides is 1. The molecular formula is C11H14N2O5. The van der Waals surface area contributed by atoms with Crippen molar-refractivity contribution in [2.45, 2.75) is 18.8 Å². The minimum Gasteiger partial charge on any atom is -0.475 e. The van der Waals surface area contributed by atoms with E-state index in [0.717, 1.165) is 0 Å². The van der Waals surface area contributed by atoms with Crippen LogP contribution in [0.4, 0.5) is 4.79 Å². The average molecular weight is 254 g/mol. The molecule has 0 aliphatic carbocycles. The van der Waals surface area contributed by atoms with Gasteiger partial charge in [0.15, 0.2) is 5.89 Å². The summed E-state index contributed by atoms with van der Waals surface area (Å²) < 4.78 is 9.80. The number of hydrogen-bond acceptors (Lipinski definition) is 5. The monoisotopic (exact) mass is 254 g/mol. The summed E-state index contributed by atoms with van der Waals surface area (Å²) in [5.74, 6) is -0.794. The molecule has 7 heteroatoms. The van der Waals surface area contributed by atoms with Crippen LogP contribution in [0, 0.1) is 0 Å². The molecule has 98 valence electrons. The topological polar surface area (TPSA) is 92.9 Å². The van der Waals surface area contributed by atoms with Gasteiger partial charge in [0, 0.05) is 19.0 Å². The van der Waals surface area contributed by atoms with E-state index in [1.807, 2.05) is 0 Å². The fourth-order valence-electron chi connectivity index (χ4n) is 2.01. The predicted octanol–water partition coefficient (Wildman–Crippen LogP) is 1.32. The van der Waals surface area contributed by atoms with E-state index in [2.05, 4.69) is 9.72 Å². The van der Waals surface area contributed by atoms with Crippen molar-refractivity contribution in [1.82, 2.24) is 9.88 Å². The predicted molar refractivity (Wildman–Crippen MR) is 59.4 cm³/mol. The van der Waals surface area contributed by atoms with Crippen molar-refractivity contribution in [3.8, 4) is 0 Å². The summed E-state index contributed by atoms with van der Waals surface area (Å²) in [6.45, 7) is 1.12. The molecule has 1 saturated heterocycles. The Morgan fingerprint density at radius 2 is 2.17 bits per heavy atom. The lowest BCUT2D eigenvalue weighted by Gasteiger charge is -2.29. The van der Waals surface area contributed by atoms with E-state index in [1.54, 1.807) is 4.90 Å². The number of methoxy groups -OCH3 is 1. The molecule has 0 atom stereocenters. The lowest BCUT2D eigenvalue weighted by Crippen LogP contribution is -2.37. The van der Waals surface area contributed by atoms with Gasteiger partial charge in [-0.3, -0.25) is 0 Å². The van der Waals surface area contributed by atoms with E-state index in [-0.39, 0.29) is 17.8 Å². The molecule has 1 aliphatic heterocycles. The maximum Gasteiger partial charge on any atom is 0.409 e. The van der Waals surface area contributed by atoms with Gasteiger partial charge in [0.25, 0.3) is 0 Å². The number of hydrogen-bond donors (Lipinski definition) is 1. The number of carbonyl (C=O) groups excluding carboxylic acids is 1. The summed E-state index contributed by atoms with van der Waals surface area (Å²) >= 11 is 0. The highest BCUT2D eigenvalue weighted by Gasteiger charge is 2.27. The number of carboxylic acids is 1.